The van der Waals surface area contributed by atoms with Crippen molar-refractivity contribution in [3.8, 4) is 0 Å². The number of likely N-dealkylation sites (N-methyl/N-ethyl adjacent to an activating group) is 1. The SMILES string of the molecule is CCNC(=O)CN1CC(O)(C2CC2)C1. The van der Waals surface area contributed by atoms with E-state index in [4.69, 9.17) is 0 Å². The Hall–Kier alpha value is -0.610. The number of likely N-dealkylation sites (tertiary alicyclic amines) is 1. The van der Waals surface area contributed by atoms with Crippen LogP contribution in [0.1, 0.15) is 19.8 Å². The molecule has 4 nitrogen and oxygen atoms in total. The molecule has 14 heavy (non-hydrogen) atoms. The first-order valence-corrected chi connectivity index (χ1v) is 5.35. The van der Waals surface area contributed by atoms with E-state index < -0.39 is 5.60 Å². The standard InChI is InChI=1S/C10H18N2O2/c1-2-11-9(13)5-12-6-10(14,7-12)8-3-4-8/h8,14H,2-7H2,1H3,(H,11,13). The lowest BCUT2D eigenvalue weighted by molar-refractivity contribution is -0.136. The Morgan fingerprint density at radius 2 is 2.21 bits per heavy atom. The molecule has 0 aromatic rings. The summed E-state index contributed by atoms with van der Waals surface area (Å²) in [4.78, 5) is 13.2. The van der Waals surface area contributed by atoms with Crippen LogP contribution in [0.25, 0.3) is 0 Å². The smallest absolute Gasteiger partial charge is 0.234 e. The molecule has 0 unspecified atom stereocenters. The van der Waals surface area contributed by atoms with Crippen molar-refractivity contribution in [3.05, 3.63) is 0 Å². The molecule has 4 heteroatoms. The van der Waals surface area contributed by atoms with Gasteiger partial charge in [0.05, 0.1) is 12.1 Å². The normalized spacial score (nSPS) is 25.6. The summed E-state index contributed by atoms with van der Waals surface area (Å²) in [5.41, 5.74) is -0.466. The summed E-state index contributed by atoms with van der Waals surface area (Å²) < 4.78 is 0. The summed E-state index contributed by atoms with van der Waals surface area (Å²) in [7, 11) is 0. The van der Waals surface area contributed by atoms with E-state index in [-0.39, 0.29) is 5.91 Å². The van der Waals surface area contributed by atoms with Crippen molar-refractivity contribution in [2.75, 3.05) is 26.2 Å². The van der Waals surface area contributed by atoms with Crippen LogP contribution < -0.4 is 5.32 Å². The number of β-amino-alcohol motifs (C(OH)–C–C–N with tert-alkyl or cyclic N) is 1. The van der Waals surface area contributed by atoms with Gasteiger partial charge in [0.25, 0.3) is 0 Å². The van der Waals surface area contributed by atoms with E-state index in [1.54, 1.807) is 0 Å². The molecule has 1 heterocycles. The summed E-state index contributed by atoms with van der Waals surface area (Å²) in [5, 5.41) is 12.7. The topological polar surface area (TPSA) is 52.6 Å². The Bertz CT molecular complexity index is 232. The van der Waals surface area contributed by atoms with Crippen molar-refractivity contribution in [2.45, 2.75) is 25.4 Å². The molecule has 0 aromatic carbocycles. The molecular formula is C10H18N2O2. The van der Waals surface area contributed by atoms with Crippen molar-refractivity contribution in [1.82, 2.24) is 10.2 Å². The molecule has 2 rings (SSSR count). The molecule has 0 spiro atoms. The van der Waals surface area contributed by atoms with E-state index in [1.165, 1.54) is 0 Å². The van der Waals surface area contributed by atoms with E-state index >= 15 is 0 Å². The van der Waals surface area contributed by atoms with Gasteiger partial charge in [0.2, 0.25) is 5.91 Å². The second-order valence-corrected chi connectivity index (χ2v) is 4.48. The zero-order valence-corrected chi connectivity index (χ0v) is 8.62. The fourth-order valence-corrected chi connectivity index (χ4v) is 2.17. The number of nitrogens with zero attached hydrogens (tertiary/aromatic N) is 1. The van der Waals surface area contributed by atoms with Gasteiger partial charge in [-0.15, -0.1) is 0 Å². The van der Waals surface area contributed by atoms with Crippen LogP contribution in [0.4, 0.5) is 0 Å². The van der Waals surface area contributed by atoms with Crippen molar-refractivity contribution in [3.63, 3.8) is 0 Å². The van der Waals surface area contributed by atoms with Gasteiger partial charge in [-0.2, -0.15) is 0 Å². The highest BCUT2D eigenvalue weighted by Gasteiger charge is 2.51. The minimum atomic E-state index is -0.466. The Balaban J connectivity index is 1.69. The lowest BCUT2D eigenvalue weighted by Crippen LogP contribution is -2.64. The number of hydrogen-bond donors (Lipinski definition) is 2. The van der Waals surface area contributed by atoms with Crippen LogP contribution in [-0.2, 0) is 4.79 Å². The molecule has 1 saturated heterocycles. The molecular weight excluding hydrogens is 180 g/mol. The minimum Gasteiger partial charge on any atom is -0.387 e. The van der Waals surface area contributed by atoms with Crippen molar-refractivity contribution >= 4 is 5.91 Å². The number of nitrogens with one attached hydrogen (secondary N) is 1. The van der Waals surface area contributed by atoms with E-state index in [1.807, 2.05) is 11.8 Å². The molecule has 1 amide bonds. The van der Waals surface area contributed by atoms with Gasteiger partial charge in [0.15, 0.2) is 0 Å². The van der Waals surface area contributed by atoms with Crippen LogP contribution in [0.2, 0.25) is 0 Å². The van der Waals surface area contributed by atoms with Crippen LogP contribution in [0, 0.1) is 5.92 Å². The average Bonchev–Trinajstić information content (AvgIpc) is 2.83. The van der Waals surface area contributed by atoms with Gasteiger partial charge in [0, 0.05) is 19.6 Å². The number of carbonyl (C=O) groups excluding carboxylic acids is 1. The number of amides is 1. The summed E-state index contributed by atoms with van der Waals surface area (Å²) in [6.45, 7) is 4.38. The molecule has 1 saturated carbocycles. The van der Waals surface area contributed by atoms with Crippen LogP contribution in [0.3, 0.4) is 0 Å². The fourth-order valence-electron chi connectivity index (χ4n) is 2.17. The third-order valence-corrected chi connectivity index (χ3v) is 3.07. The van der Waals surface area contributed by atoms with Gasteiger partial charge < -0.3 is 10.4 Å². The van der Waals surface area contributed by atoms with Crippen molar-refractivity contribution in [2.24, 2.45) is 5.92 Å². The molecule has 0 aromatic heterocycles. The number of rotatable bonds is 4. The van der Waals surface area contributed by atoms with E-state index in [2.05, 4.69) is 5.32 Å². The second kappa shape index (κ2) is 3.51. The van der Waals surface area contributed by atoms with E-state index in [9.17, 15) is 9.90 Å². The first kappa shape index (κ1) is 9.93. The molecule has 0 atom stereocenters. The monoisotopic (exact) mass is 198 g/mol. The predicted molar refractivity (Wildman–Crippen MR) is 52.8 cm³/mol. The fraction of sp³-hybridized carbons (Fsp3) is 0.900. The van der Waals surface area contributed by atoms with Gasteiger partial charge in [-0.05, 0) is 25.7 Å². The van der Waals surface area contributed by atoms with Gasteiger partial charge >= 0.3 is 0 Å². The molecule has 2 aliphatic rings. The van der Waals surface area contributed by atoms with Crippen LogP contribution in [0.15, 0.2) is 0 Å². The summed E-state index contributed by atoms with van der Waals surface area (Å²) in [5.74, 6) is 0.568. The van der Waals surface area contributed by atoms with E-state index in [0.717, 1.165) is 12.8 Å². The zero-order valence-electron chi connectivity index (χ0n) is 8.62. The van der Waals surface area contributed by atoms with Crippen LogP contribution >= 0.6 is 0 Å². The number of hydrogen-bond acceptors (Lipinski definition) is 3. The Kier molecular flexibility index (Phi) is 2.49. The summed E-state index contributed by atoms with van der Waals surface area (Å²) in [6.07, 6.45) is 2.32. The molecule has 1 aliphatic carbocycles. The van der Waals surface area contributed by atoms with E-state index in [0.29, 0.717) is 32.1 Å². The summed E-state index contributed by atoms with van der Waals surface area (Å²) >= 11 is 0. The predicted octanol–water partition coefficient (Wildman–Crippen LogP) is -0.421. The maximum absolute atomic E-state index is 11.2. The number of carbonyl (C=O) groups is 1. The molecule has 1 aliphatic heterocycles. The average molecular weight is 198 g/mol. The van der Waals surface area contributed by atoms with Crippen molar-refractivity contribution in [1.29, 1.82) is 0 Å². The number of aliphatic hydroxyl groups is 1. The maximum Gasteiger partial charge on any atom is 0.234 e. The Morgan fingerprint density at radius 1 is 1.57 bits per heavy atom. The highest BCUT2D eigenvalue weighted by atomic mass is 16.3. The highest BCUT2D eigenvalue weighted by Crippen LogP contribution is 2.44. The Labute approximate surface area is 84.3 Å². The molecule has 0 radical (unpaired) electrons. The molecule has 2 N–H and O–H groups in total. The largest absolute Gasteiger partial charge is 0.387 e. The van der Waals surface area contributed by atoms with Gasteiger partial charge in [-0.25, -0.2) is 0 Å². The van der Waals surface area contributed by atoms with Crippen LogP contribution in [-0.4, -0.2) is 47.7 Å². The first-order chi connectivity index (χ1) is 6.64. The highest BCUT2D eigenvalue weighted by molar-refractivity contribution is 5.78. The lowest BCUT2D eigenvalue weighted by Gasteiger charge is -2.46. The minimum absolute atomic E-state index is 0.0605. The lowest BCUT2D eigenvalue weighted by atomic mass is 9.89. The second-order valence-electron chi connectivity index (χ2n) is 4.48. The Morgan fingerprint density at radius 3 is 2.71 bits per heavy atom. The van der Waals surface area contributed by atoms with Crippen molar-refractivity contribution < 1.29 is 9.90 Å². The quantitative estimate of drug-likeness (QED) is 0.645. The van der Waals surface area contributed by atoms with Gasteiger partial charge in [0.1, 0.15) is 0 Å². The summed E-state index contributed by atoms with van der Waals surface area (Å²) in [6, 6.07) is 0. The molecule has 0 bridgehead atoms. The van der Waals surface area contributed by atoms with Gasteiger partial charge in [-0.1, -0.05) is 0 Å². The molecule has 80 valence electrons. The zero-order chi connectivity index (χ0) is 10.2. The molecule has 2 fully saturated rings. The maximum atomic E-state index is 11.2. The third-order valence-electron chi connectivity index (χ3n) is 3.07. The third kappa shape index (κ3) is 1.91. The van der Waals surface area contributed by atoms with Crippen LogP contribution in [0.5, 0.6) is 0 Å². The first-order valence-electron chi connectivity index (χ1n) is 5.35. The van der Waals surface area contributed by atoms with Gasteiger partial charge in [-0.3, -0.25) is 9.69 Å².